The summed E-state index contributed by atoms with van der Waals surface area (Å²) in [6.07, 6.45) is 0. The monoisotopic (exact) mass is 379 g/mol. The Morgan fingerprint density at radius 3 is 2.13 bits per heavy atom. The number of benzene rings is 2. The van der Waals surface area contributed by atoms with Gasteiger partial charge in [-0.1, -0.05) is 41.9 Å². The van der Waals surface area contributed by atoms with Crippen molar-refractivity contribution in [2.75, 3.05) is 18.5 Å². The lowest BCUT2D eigenvalue weighted by Gasteiger charge is -2.40. The highest BCUT2D eigenvalue weighted by molar-refractivity contribution is 9.10. The van der Waals surface area contributed by atoms with Crippen molar-refractivity contribution in [1.29, 1.82) is 0 Å². The first-order valence-corrected chi connectivity index (χ1v) is 8.30. The summed E-state index contributed by atoms with van der Waals surface area (Å²) in [5.41, 5.74) is 0.816. The highest BCUT2D eigenvalue weighted by Crippen LogP contribution is 2.34. The lowest BCUT2D eigenvalue weighted by atomic mass is 9.77. The average Bonchev–Trinajstić information content (AvgIpc) is 2.52. The van der Waals surface area contributed by atoms with Crippen molar-refractivity contribution in [3.05, 3.63) is 64.4 Å². The molecule has 1 N–H and O–H groups in total. The maximum atomic E-state index is 12.9. The lowest BCUT2D eigenvalue weighted by molar-refractivity contribution is -0.139. The second kappa shape index (κ2) is 7.70. The number of carbonyl (C=O) groups is 1. The predicted molar refractivity (Wildman–Crippen MR) is 93.0 cm³/mol. The second-order valence-corrected chi connectivity index (χ2v) is 5.96. The minimum absolute atomic E-state index is 0.136. The Kier molecular flexibility index (Phi) is 5.91. The fourth-order valence-electron chi connectivity index (χ4n) is 2.29. The molecule has 2 aromatic rings. The molecule has 1 saturated heterocycles. The molecular weight excluding hydrogens is 361 g/mol. The molecule has 1 aliphatic rings. The van der Waals surface area contributed by atoms with Crippen molar-refractivity contribution in [3.8, 4) is 0 Å². The first-order chi connectivity index (χ1) is 11.1. The molecule has 0 bridgehead atoms. The van der Waals surface area contributed by atoms with Crippen LogP contribution in [0.25, 0.3) is 0 Å². The van der Waals surface area contributed by atoms with Crippen molar-refractivity contribution >= 4 is 27.5 Å². The van der Waals surface area contributed by atoms with E-state index < -0.39 is 5.41 Å². The van der Waals surface area contributed by atoms with Crippen LogP contribution in [-0.2, 0) is 14.9 Å². The molecule has 0 atom stereocenters. The highest BCUT2D eigenvalue weighted by Gasteiger charge is 2.47. The van der Waals surface area contributed by atoms with E-state index in [-0.39, 0.29) is 11.7 Å². The molecule has 0 aromatic heterocycles. The van der Waals surface area contributed by atoms with Crippen molar-refractivity contribution in [1.82, 2.24) is 0 Å². The van der Waals surface area contributed by atoms with E-state index in [0.717, 1.165) is 10.0 Å². The van der Waals surface area contributed by atoms with E-state index >= 15 is 0 Å². The molecule has 122 valence electrons. The number of anilines is 1. The number of amides is 1. The normalized spacial score (nSPS) is 15.0. The second-order valence-electron chi connectivity index (χ2n) is 5.04. The molecule has 0 saturated carbocycles. The third-order valence-electron chi connectivity index (χ3n) is 3.63. The molecule has 0 aliphatic carbocycles. The molecule has 1 heterocycles. The van der Waals surface area contributed by atoms with E-state index in [9.17, 15) is 9.18 Å². The zero-order valence-electron chi connectivity index (χ0n) is 13.1. The zero-order valence-corrected chi connectivity index (χ0v) is 14.7. The molecular formula is C18H19BrFNO2. The van der Waals surface area contributed by atoms with Crippen LogP contribution in [0, 0.1) is 5.82 Å². The molecule has 3 rings (SSSR count). The fourth-order valence-corrected chi connectivity index (χ4v) is 2.55. The van der Waals surface area contributed by atoms with Gasteiger partial charge in [-0.3, -0.25) is 4.79 Å². The number of hydrogen-bond donors (Lipinski definition) is 1. The molecule has 1 fully saturated rings. The number of halogens is 2. The van der Waals surface area contributed by atoms with Gasteiger partial charge in [-0.25, -0.2) is 4.39 Å². The predicted octanol–water partition coefficient (Wildman–Crippen LogP) is 4.52. The Balaban J connectivity index is 0.000000924. The SMILES string of the molecule is CC.O=C(Nc1ccc(F)cc1)C1(c2ccc(Br)cc2)COC1. The third kappa shape index (κ3) is 3.79. The molecule has 23 heavy (non-hydrogen) atoms. The van der Waals surface area contributed by atoms with E-state index in [1.165, 1.54) is 12.1 Å². The van der Waals surface area contributed by atoms with Crippen molar-refractivity contribution in [2.24, 2.45) is 0 Å². The summed E-state index contributed by atoms with van der Waals surface area (Å²) in [4.78, 5) is 12.6. The van der Waals surface area contributed by atoms with E-state index in [2.05, 4.69) is 21.2 Å². The Hall–Kier alpha value is -1.72. The van der Waals surface area contributed by atoms with E-state index in [1.807, 2.05) is 38.1 Å². The first kappa shape index (κ1) is 17.6. The first-order valence-electron chi connectivity index (χ1n) is 7.51. The third-order valence-corrected chi connectivity index (χ3v) is 4.16. The van der Waals surface area contributed by atoms with E-state index in [1.54, 1.807) is 12.1 Å². The summed E-state index contributed by atoms with van der Waals surface area (Å²) in [6.45, 7) is 4.70. The van der Waals surface area contributed by atoms with E-state index in [4.69, 9.17) is 4.74 Å². The summed E-state index contributed by atoms with van der Waals surface area (Å²) in [7, 11) is 0. The summed E-state index contributed by atoms with van der Waals surface area (Å²) < 4.78 is 19.1. The van der Waals surface area contributed by atoms with Crippen molar-refractivity contribution in [2.45, 2.75) is 19.3 Å². The molecule has 3 nitrogen and oxygen atoms in total. The zero-order chi connectivity index (χ0) is 16.9. The topological polar surface area (TPSA) is 38.3 Å². The summed E-state index contributed by atoms with van der Waals surface area (Å²) in [5, 5.41) is 2.83. The molecule has 2 aromatic carbocycles. The number of ether oxygens (including phenoxy) is 1. The Morgan fingerprint density at radius 2 is 1.65 bits per heavy atom. The van der Waals surface area contributed by atoms with Crippen LogP contribution in [0.5, 0.6) is 0 Å². The van der Waals surface area contributed by atoms with Gasteiger partial charge < -0.3 is 10.1 Å². The van der Waals surface area contributed by atoms with Crippen LogP contribution >= 0.6 is 15.9 Å². The molecule has 0 unspecified atom stereocenters. The summed E-state index contributed by atoms with van der Waals surface area (Å²) in [5.74, 6) is -0.467. The Bertz CT molecular complexity index is 652. The fraction of sp³-hybridized carbons (Fsp3) is 0.278. The number of rotatable bonds is 3. The minimum atomic E-state index is -0.672. The molecule has 1 amide bonds. The van der Waals surface area contributed by atoms with Gasteiger partial charge in [0.1, 0.15) is 11.2 Å². The Morgan fingerprint density at radius 1 is 1.09 bits per heavy atom. The number of nitrogens with one attached hydrogen (secondary N) is 1. The van der Waals surface area contributed by atoms with Gasteiger partial charge in [0.05, 0.1) is 13.2 Å². The van der Waals surface area contributed by atoms with Gasteiger partial charge in [-0.15, -0.1) is 0 Å². The lowest BCUT2D eigenvalue weighted by Crippen LogP contribution is -2.55. The van der Waals surface area contributed by atoms with Gasteiger partial charge in [0.15, 0.2) is 0 Å². The highest BCUT2D eigenvalue weighted by atomic mass is 79.9. The van der Waals surface area contributed by atoms with E-state index in [0.29, 0.717) is 18.9 Å². The van der Waals surface area contributed by atoms with Gasteiger partial charge in [0, 0.05) is 10.2 Å². The van der Waals surface area contributed by atoms with Crippen LogP contribution in [0.1, 0.15) is 19.4 Å². The van der Waals surface area contributed by atoms with Crippen LogP contribution in [0.4, 0.5) is 10.1 Å². The standard InChI is InChI=1S/C16H13BrFNO2.C2H6/c17-12-3-1-11(2-4-12)16(9-21-10-16)15(20)19-14-7-5-13(18)6-8-14;1-2/h1-8H,9-10H2,(H,19,20);1-2H3. The number of hydrogen-bond acceptors (Lipinski definition) is 2. The van der Waals surface area contributed by atoms with Gasteiger partial charge >= 0.3 is 0 Å². The summed E-state index contributed by atoms with van der Waals surface area (Å²) in [6, 6.07) is 13.4. The quantitative estimate of drug-likeness (QED) is 0.850. The molecule has 1 aliphatic heterocycles. The van der Waals surface area contributed by atoms with Gasteiger partial charge in [-0.2, -0.15) is 0 Å². The molecule has 0 radical (unpaired) electrons. The van der Waals surface area contributed by atoms with Crippen LogP contribution in [0.2, 0.25) is 0 Å². The smallest absolute Gasteiger partial charge is 0.239 e. The average molecular weight is 380 g/mol. The number of carbonyl (C=O) groups excluding carboxylic acids is 1. The van der Waals surface area contributed by atoms with Crippen molar-refractivity contribution in [3.63, 3.8) is 0 Å². The molecule has 0 spiro atoms. The largest absolute Gasteiger partial charge is 0.378 e. The van der Waals surface area contributed by atoms with Crippen LogP contribution in [0.3, 0.4) is 0 Å². The maximum absolute atomic E-state index is 12.9. The van der Waals surface area contributed by atoms with Crippen LogP contribution in [-0.4, -0.2) is 19.1 Å². The maximum Gasteiger partial charge on any atom is 0.239 e. The van der Waals surface area contributed by atoms with Crippen molar-refractivity contribution < 1.29 is 13.9 Å². The molecule has 5 heteroatoms. The van der Waals surface area contributed by atoms with Crippen LogP contribution in [0.15, 0.2) is 53.0 Å². The Labute approximate surface area is 144 Å². The van der Waals surface area contributed by atoms with Gasteiger partial charge in [-0.05, 0) is 42.0 Å². The van der Waals surface area contributed by atoms with Gasteiger partial charge in [0.2, 0.25) is 5.91 Å². The van der Waals surface area contributed by atoms with Crippen LogP contribution < -0.4 is 5.32 Å². The minimum Gasteiger partial charge on any atom is -0.378 e. The summed E-state index contributed by atoms with van der Waals surface area (Å²) >= 11 is 3.38. The van der Waals surface area contributed by atoms with Gasteiger partial charge in [0.25, 0.3) is 0 Å².